The fraction of sp³-hybridized carbons (Fsp3) is 0.500. The Morgan fingerprint density at radius 3 is 2.59 bits per heavy atom. The van der Waals surface area contributed by atoms with E-state index in [9.17, 15) is 5.11 Å². The number of likely N-dealkylation sites (tertiary alicyclic amines) is 1. The minimum Gasteiger partial charge on any atom is -0.390 e. The Morgan fingerprint density at radius 1 is 1.11 bits per heavy atom. The molecule has 2 atom stereocenters. The van der Waals surface area contributed by atoms with Crippen molar-refractivity contribution in [1.82, 2.24) is 20.2 Å². The second kappa shape index (κ2) is 8.52. The Morgan fingerprint density at radius 2 is 1.89 bits per heavy atom. The second-order valence-electron chi connectivity index (χ2n) is 7.49. The Hall–Kier alpha value is -1.73. The molecule has 1 aromatic heterocycles. The van der Waals surface area contributed by atoms with E-state index in [-0.39, 0.29) is 12.1 Å². The third-order valence-electron chi connectivity index (χ3n) is 5.54. The van der Waals surface area contributed by atoms with Gasteiger partial charge in [0.15, 0.2) is 0 Å². The highest BCUT2D eigenvalue weighted by Crippen LogP contribution is 2.20. The molecule has 0 amide bonds. The van der Waals surface area contributed by atoms with Crippen LogP contribution in [0.1, 0.15) is 18.4 Å². The first kappa shape index (κ1) is 18.6. The van der Waals surface area contributed by atoms with Gasteiger partial charge in [-0.15, -0.1) is 0 Å². The number of hydrogen-bond donors (Lipinski definition) is 2. The molecule has 4 rings (SSSR count). The number of aromatic nitrogens is 2. The first-order valence-corrected chi connectivity index (χ1v) is 9.97. The number of benzene rings is 1. The molecule has 144 valence electrons. The molecule has 7 heteroatoms. The zero-order valence-corrected chi connectivity index (χ0v) is 16.1. The maximum atomic E-state index is 10.5. The predicted molar refractivity (Wildman–Crippen MR) is 107 cm³/mol. The number of nitrogens with one attached hydrogen (secondary N) is 1. The number of piperidine rings is 1. The topological polar surface area (TPSA) is 64.5 Å². The molecule has 0 bridgehead atoms. The lowest BCUT2D eigenvalue weighted by Gasteiger charge is -2.34. The molecule has 3 heterocycles. The van der Waals surface area contributed by atoms with Crippen LogP contribution in [0.4, 0.5) is 5.82 Å². The minimum atomic E-state index is -0.368. The molecule has 27 heavy (non-hydrogen) atoms. The number of halogens is 1. The molecule has 0 spiro atoms. The smallest absolute Gasteiger partial charge is 0.132 e. The summed E-state index contributed by atoms with van der Waals surface area (Å²) in [5, 5.41) is 14.9. The first-order valence-electron chi connectivity index (χ1n) is 9.59. The molecule has 2 saturated heterocycles. The summed E-state index contributed by atoms with van der Waals surface area (Å²) < 4.78 is 0. The quantitative estimate of drug-likeness (QED) is 0.817. The summed E-state index contributed by atoms with van der Waals surface area (Å²) in [6.45, 7) is 4.50. The molecule has 1 aromatic carbocycles. The molecular weight excluding hydrogens is 362 g/mol. The van der Waals surface area contributed by atoms with Crippen LogP contribution in [0.5, 0.6) is 0 Å². The number of rotatable bonds is 5. The largest absolute Gasteiger partial charge is 0.390 e. The maximum Gasteiger partial charge on any atom is 0.132 e. The molecule has 6 nitrogen and oxygen atoms in total. The van der Waals surface area contributed by atoms with Crippen molar-refractivity contribution < 1.29 is 5.11 Å². The normalized spacial score (nSPS) is 24.4. The number of anilines is 1. The third-order valence-corrected chi connectivity index (χ3v) is 5.79. The fourth-order valence-corrected chi connectivity index (χ4v) is 4.14. The number of aliphatic hydroxyl groups excluding tert-OH is 1. The highest BCUT2D eigenvalue weighted by molar-refractivity contribution is 6.30. The van der Waals surface area contributed by atoms with Gasteiger partial charge in [-0.25, -0.2) is 9.97 Å². The lowest BCUT2D eigenvalue weighted by molar-refractivity contribution is 0.136. The van der Waals surface area contributed by atoms with Gasteiger partial charge in [-0.3, -0.25) is 4.90 Å². The van der Waals surface area contributed by atoms with Gasteiger partial charge in [0, 0.05) is 36.9 Å². The zero-order valence-electron chi connectivity index (χ0n) is 15.3. The summed E-state index contributed by atoms with van der Waals surface area (Å²) in [5.41, 5.74) is 1.30. The van der Waals surface area contributed by atoms with Crippen molar-refractivity contribution >= 4 is 17.4 Å². The van der Waals surface area contributed by atoms with Crippen molar-refractivity contribution in [3.8, 4) is 0 Å². The molecule has 2 aromatic rings. The average molecular weight is 388 g/mol. The highest BCUT2D eigenvalue weighted by Gasteiger charge is 2.34. The van der Waals surface area contributed by atoms with Crippen molar-refractivity contribution in [2.24, 2.45) is 0 Å². The van der Waals surface area contributed by atoms with Crippen molar-refractivity contribution in [3.63, 3.8) is 0 Å². The van der Waals surface area contributed by atoms with Gasteiger partial charge in [0.25, 0.3) is 0 Å². The Balaban J connectivity index is 1.25. The molecule has 2 N–H and O–H groups in total. The van der Waals surface area contributed by atoms with E-state index in [1.807, 2.05) is 18.2 Å². The zero-order chi connectivity index (χ0) is 18.6. The van der Waals surface area contributed by atoms with Gasteiger partial charge in [0.05, 0.1) is 12.1 Å². The molecule has 2 aliphatic heterocycles. The Bertz CT molecular complexity index is 721. The fourth-order valence-electron chi connectivity index (χ4n) is 4.02. The molecule has 0 radical (unpaired) electrons. The van der Waals surface area contributed by atoms with Crippen LogP contribution in [0.3, 0.4) is 0 Å². The Kier molecular flexibility index (Phi) is 5.88. The average Bonchev–Trinajstić information content (AvgIpc) is 3.06. The van der Waals surface area contributed by atoms with Crippen LogP contribution < -0.4 is 10.2 Å². The van der Waals surface area contributed by atoms with Gasteiger partial charge in [0.1, 0.15) is 12.1 Å². The number of β-amino-alcohol motifs (C(OH)–C–C–N with tert-alkyl or cyclic N) is 1. The summed E-state index contributed by atoms with van der Waals surface area (Å²) >= 11 is 5.96. The first-order chi connectivity index (χ1) is 13.2. The van der Waals surface area contributed by atoms with E-state index in [0.717, 1.165) is 49.9 Å². The van der Waals surface area contributed by atoms with Crippen LogP contribution in [-0.2, 0) is 6.54 Å². The van der Waals surface area contributed by atoms with E-state index in [0.29, 0.717) is 12.6 Å². The van der Waals surface area contributed by atoms with Gasteiger partial charge in [-0.1, -0.05) is 23.7 Å². The summed E-state index contributed by atoms with van der Waals surface area (Å²) in [4.78, 5) is 12.9. The molecular formula is C20H26ClN5O. The summed E-state index contributed by atoms with van der Waals surface area (Å²) in [6, 6.07) is 10.5. The summed E-state index contributed by atoms with van der Waals surface area (Å²) in [7, 11) is 0. The van der Waals surface area contributed by atoms with E-state index >= 15 is 0 Å². The summed E-state index contributed by atoms with van der Waals surface area (Å²) in [6.07, 6.45) is 5.13. The Labute approximate surface area is 165 Å². The number of aliphatic hydroxyl groups is 1. The van der Waals surface area contributed by atoms with E-state index in [1.165, 1.54) is 5.56 Å². The van der Waals surface area contributed by atoms with Gasteiger partial charge in [-0.05, 0) is 49.7 Å². The van der Waals surface area contributed by atoms with Gasteiger partial charge >= 0.3 is 0 Å². The molecule has 2 aliphatic rings. The van der Waals surface area contributed by atoms with Crippen molar-refractivity contribution in [1.29, 1.82) is 0 Å². The lowest BCUT2D eigenvalue weighted by atomic mass is 10.0. The third kappa shape index (κ3) is 4.76. The van der Waals surface area contributed by atoms with Crippen LogP contribution in [0.2, 0.25) is 5.02 Å². The van der Waals surface area contributed by atoms with Crippen LogP contribution in [0.25, 0.3) is 0 Å². The number of nitrogens with zero attached hydrogens (tertiary/aromatic N) is 4. The van der Waals surface area contributed by atoms with Crippen molar-refractivity contribution in [3.05, 3.63) is 53.4 Å². The van der Waals surface area contributed by atoms with Crippen molar-refractivity contribution in [2.75, 3.05) is 31.1 Å². The van der Waals surface area contributed by atoms with Gasteiger partial charge in [-0.2, -0.15) is 0 Å². The van der Waals surface area contributed by atoms with E-state index in [2.05, 4.69) is 37.2 Å². The predicted octanol–water partition coefficient (Wildman–Crippen LogP) is 1.93. The summed E-state index contributed by atoms with van der Waals surface area (Å²) in [5.74, 6) is 0.881. The maximum absolute atomic E-state index is 10.5. The van der Waals surface area contributed by atoms with Crippen LogP contribution >= 0.6 is 11.6 Å². The van der Waals surface area contributed by atoms with E-state index < -0.39 is 0 Å². The molecule has 2 fully saturated rings. The lowest BCUT2D eigenvalue weighted by Crippen LogP contribution is -2.49. The van der Waals surface area contributed by atoms with Crippen LogP contribution in [0.15, 0.2) is 42.9 Å². The highest BCUT2D eigenvalue weighted by atomic mass is 35.5. The standard InChI is InChI=1S/C20H26ClN5O/c21-16-3-1-15(2-4-16)11-25-9-6-17(7-10-25)24-18-12-26(13-19(18)27)20-5-8-22-14-23-20/h1-5,8,14,17-19,24,27H,6-7,9-13H2/t18-,19-/m1/s1. The second-order valence-corrected chi connectivity index (χ2v) is 7.93. The van der Waals surface area contributed by atoms with Crippen LogP contribution in [0, 0.1) is 0 Å². The van der Waals surface area contributed by atoms with Crippen LogP contribution in [-0.4, -0.2) is 64.3 Å². The van der Waals surface area contributed by atoms with E-state index in [4.69, 9.17) is 11.6 Å². The van der Waals surface area contributed by atoms with Crippen molar-refractivity contribution in [2.45, 2.75) is 37.6 Å². The molecule has 0 aliphatic carbocycles. The van der Waals surface area contributed by atoms with Gasteiger partial charge in [0.2, 0.25) is 0 Å². The number of hydrogen-bond acceptors (Lipinski definition) is 6. The molecule has 0 saturated carbocycles. The minimum absolute atomic E-state index is 0.0905. The van der Waals surface area contributed by atoms with E-state index in [1.54, 1.807) is 12.5 Å². The SMILES string of the molecule is O[C@@H]1CN(c2ccncn2)C[C@H]1NC1CCN(Cc2ccc(Cl)cc2)CC1. The van der Waals surface area contributed by atoms with Gasteiger partial charge < -0.3 is 15.3 Å². The molecule has 0 unspecified atom stereocenters. The monoisotopic (exact) mass is 387 g/mol.